The van der Waals surface area contributed by atoms with Crippen LogP contribution >= 0.6 is 0 Å². The molecule has 1 aliphatic heterocycles. The van der Waals surface area contributed by atoms with Crippen LogP contribution in [-0.2, 0) is 20.6 Å². The summed E-state index contributed by atoms with van der Waals surface area (Å²) in [5.41, 5.74) is -1.02. The van der Waals surface area contributed by atoms with Gasteiger partial charge < -0.3 is 19.3 Å². The lowest BCUT2D eigenvalue weighted by Crippen LogP contribution is -2.61. The molecule has 0 bridgehead atoms. The number of carbonyl (C=O) groups is 1. The highest BCUT2D eigenvalue weighted by Gasteiger charge is 2.45. The van der Waals surface area contributed by atoms with Crippen LogP contribution in [0.5, 0.6) is 0 Å². The Morgan fingerprint density at radius 3 is 2.32 bits per heavy atom. The molecule has 1 aromatic carbocycles. The van der Waals surface area contributed by atoms with Crippen molar-refractivity contribution in [2.45, 2.75) is 78.0 Å². The molecule has 1 heterocycles. The Hall–Kier alpha value is -2.37. The zero-order valence-electron chi connectivity index (χ0n) is 20.4. The van der Waals surface area contributed by atoms with Crippen molar-refractivity contribution in [1.82, 2.24) is 4.90 Å². The second-order valence-electron chi connectivity index (χ2n) is 10.7. The van der Waals surface area contributed by atoms with E-state index in [2.05, 4.69) is 0 Å². The maximum absolute atomic E-state index is 13.6. The first kappa shape index (κ1) is 27.9. The van der Waals surface area contributed by atoms with Crippen molar-refractivity contribution in [2.24, 2.45) is 5.41 Å². The smallest absolute Gasteiger partial charge is 0.410 e. The van der Waals surface area contributed by atoms with E-state index in [1.807, 2.05) is 20.8 Å². The largest absolute Gasteiger partial charge is 0.444 e. The van der Waals surface area contributed by atoms with Crippen LogP contribution in [0.25, 0.3) is 0 Å². The van der Waals surface area contributed by atoms with E-state index in [1.165, 1.54) is 0 Å². The molecule has 1 N–H and O–H groups in total. The number of nitrogens with zero attached hydrogens (tertiary/aromatic N) is 2. The van der Waals surface area contributed by atoms with E-state index in [4.69, 9.17) is 14.2 Å². The monoisotopic (exact) mass is 488 g/mol. The molecule has 11 heteroatoms. The molecule has 1 saturated heterocycles. The molecule has 2 rings (SSSR count). The molecule has 4 atom stereocenters. The number of halogens is 2. The van der Waals surface area contributed by atoms with E-state index in [9.17, 15) is 28.8 Å². The fraction of sp³-hybridized carbons (Fsp3) is 0.696. The standard InChI is InChI=1S/C23H34F2N2O7/c1-22(2,3)13-33-19-11-26(21(29)34-23(4,5)6)18(12-32-19)20(28)17(27(30)31)9-14-7-15(24)10-16(25)8-14/h7-8,10,17-20,28H,9,11-13H2,1-6H3/t17-,18+,19-,20-/m0/s1. The van der Waals surface area contributed by atoms with Gasteiger partial charge in [0.25, 0.3) is 0 Å². The fourth-order valence-corrected chi connectivity index (χ4v) is 3.45. The summed E-state index contributed by atoms with van der Waals surface area (Å²) in [5, 5.41) is 22.8. The van der Waals surface area contributed by atoms with Gasteiger partial charge >= 0.3 is 6.09 Å². The van der Waals surface area contributed by atoms with Crippen molar-refractivity contribution >= 4 is 6.09 Å². The highest BCUT2D eigenvalue weighted by Crippen LogP contribution is 2.25. The van der Waals surface area contributed by atoms with Crippen molar-refractivity contribution in [2.75, 3.05) is 19.8 Å². The molecule has 0 aromatic heterocycles. The molecule has 0 saturated carbocycles. The lowest BCUT2D eigenvalue weighted by atomic mass is 9.95. The molecule has 9 nitrogen and oxygen atoms in total. The Kier molecular flexibility index (Phi) is 8.95. The highest BCUT2D eigenvalue weighted by atomic mass is 19.1. The quantitative estimate of drug-likeness (QED) is 0.462. The molecular weight excluding hydrogens is 454 g/mol. The van der Waals surface area contributed by atoms with Crippen molar-refractivity contribution in [3.63, 3.8) is 0 Å². The van der Waals surface area contributed by atoms with Crippen molar-refractivity contribution < 1.29 is 37.8 Å². The molecule has 0 unspecified atom stereocenters. The highest BCUT2D eigenvalue weighted by molar-refractivity contribution is 5.69. The Morgan fingerprint density at radius 2 is 1.82 bits per heavy atom. The molecule has 0 spiro atoms. The summed E-state index contributed by atoms with van der Waals surface area (Å²) in [6, 6.07) is -0.222. The molecule has 1 fully saturated rings. The number of morpholine rings is 1. The van der Waals surface area contributed by atoms with Crippen molar-refractivity contribution in [3.8, 4) is 0 Å². The summed E-state index contributed by atoms with van der Waals surface area (Å²) >= 11 is 0. The van der Waals surface area contributed by atoms with E-state index < -0.39 is 59.2 Å². The van der Waals surface area contributed by atoms with E-state index >= 15 is 0 Å². The maximum Gasteiger partial charge on any atom is 0.410 e. The SMILES string of the molecule is CC(C)(C)CO[C@H]1CN(C(=O)OC(C)(C)C)[C@@H]([C@@H](O)[C@H](Cc2cc(F)cc(F)c2)[N+](=O)[O-])CO1. The van der Waals surface area contributed by atoms with Gasteiger partial charge in [0, 0.05) is 17.4 Å². The van der Waals surface area contributed by atoms with Gasteiger partial charge in [0.2, 0.25) is 6.04 Å². The Bertz CT molecular complexity index is 850. The lowest BCUT2D eigenvalue weighted by Gasteiger charge is -2.42. The van der Waals surface area contributed by atoms with Crippen LogP contribution in [-0.4, -0.2) is 70.9 Å². The van der Waals surface area contributed by atoms with Crippen LogP contribution in [0, 0.1) is 27.2 Å². The predicted molar refractivity (Wildman–Crippen MR) is 119 cm³/mol. The van der Waals surface area contributed by atoms with Gasteiger partial charge in [-0.1, -0.05) is 20.8 Å². The van der Waals surface area contributed by atoms with Crippen molar-refractivity contribution in [1.29, 1.82) is 0 Å². The number of aliphatic hydroxyl groups is 1. The van der Waals surface area contributed by atoms with Crippen LogP contribution in [0.15, 0.2) is 18.2 Å². The first-order chi connectivity index (χ1) is 15.6. The molecule has 34 heavy (non-hydrogen) atoms. The number of nitro groups is 1. The zero-order chi connectivity index (χ0) is 25.8. The summed E-state index contributed by atoms with van der Waals surface area (Å²) in [4.78, 5) is 25.2. The summed E-state index contributed by atoms with van der Waals surface area (Å²) < 4.78 is 44.0. The topological polar surface area (TPSA) is 111 Å². The Balaban J connectivity index is 2.27. The third kappa shape index (κ3) is 8.44. The number of ether oxygens (including phenoxy) is 3. The molecular formula is C23H34F2N2O7. The van der Waals surface area contributed by atoms with Crippen LogP contribution < -0.4 is 0 Å². The number of amides is 1. The van der Waals surface area contributed by atoms with Gasteiger partial charge in [-0.15, -0.1) is 0 Å². The Labute approximate surface area is 198 Å². The van der Waals surface area contributed by atoms with Gasteiger partial charge in [0.15, 0.2) is 6.29 Å². The summed E-state index contributed by atoms with van der Waals surface area (Å²) in [7, 11) is 0. The Morgan fingerprint density at radius 1 is 1.24 bits per heavy atom. The normalized spacial score (nSPS) is 21.1. The average molecular weight is 489 g/mol. The first-order valence-corrected chi connectivity index (χ1v) is 11.0. The number of carbonyl (C=O) groups excluding carboxylic acids is 1. The van der Waals surface area contributed by atoms with Gasteiger partial charge in [-0.05, 0) is 43.9 Å². The second kappa shape index (κ2) is 10.9. The summed E-state index contributed by atoms with van der Waals surface area (Å²) in [6.07, 6.45) is -3.77. The summed E-state index contributed by atoms with van der Waals surface area (Å²) in [5.74, 6) is -1.77. The van der Waals surface area contributed by atoms with E-state index in [0.29, 0.717) is 12.7 Å². The second-order valence-corrected chi connectivity index (χ2v) is 10.7. The number of benzene rings is 1. The van der Waals surface area contributed by atoms with Crippen LogP contribution in [0.3, 0.4) is 0 Å². The minimum absolute atomic E-state index is 0.00480. The average Bonchev–Trinajstić information content (AvgIpc) is 2.67. The molecule has 1 amide bonds. The van der Waals surface area contributed by atoms with Crippen LogP contribution in [0.1, 0.15) is 47.1 Å². The third-order valence-electron chi connectivity index (χ3n) is 4.96. The maximum atomic E-state index is 13.6. The minimum atomic E-state index is -1.71. The molecule has 0 radical (unpaired) electrons. The van der Waals surface area contributed by atoms with Gasteiger partial charge in [0.1, 0.15) is 23.3 Å². The third-order valence-corrected chi connectivity index (χ3v) is 4.96. The van der Waals surface area contributed by atoms with Crippen molar-refractivity contribution in [3.05, 3.63) is 45.5 Å². The first-order valence-electron chi connectivity index (χ1n) is 11.0. The van der Waals surface area contributed by atoms with Gasteiger partial charge in [0.05, 0.1) is 25.8 Å². The van der Waals surface area contributed by atoms with Gasteiger partial charge in [-0.3, -0.25) is 15.0 Å². The molecule has 1 aromatic rings. The van der Waals surface area contributed by atoms with Gasteiger partial charge in [-0.2, -0.15) is 0 Å². The van der Waals surface area contributed by atoms with E-state index in [1.54, 1.807) is 20.8 Å². The zero-order valence-corrected chi connectivity index (χ0v) is 20.4. The summed E-state index contributed by atoms with van der Waals surface area (Å²) in [6.45, 7) is 10.9. The number of rotatable bonds is 7. The predicted octanol–water partition coefficient (Wildman–Crippen LogP) is 3.54. The van der Waals surface area contributed by atoms with Crippen LogP contribution in [0.4, 0.5) is 13.6 Å². The van der Waals surface area contributed by atoms with Crippen LogP contribution in [0.2, 0.25) is 0 Å². The molecule has 1 aliphatic rings. The van der Waals surface area contributed by atoms with Gasteiger partial charge in [-0.25, -0.2) is 13.6 Å². The number of hydrogen-bond acceptors (Lipinski definition) is 7. The fourth-order valence-electron chi connectivity index (χ4n) is 3.45. The number of aliphatic hydroxyl groups excluding tert-OH is 1. The van der Waals surface area contributed by atoms with E-state index in [-0.39, 0.29) is 24.1 Å². The minimum Gasteiger partial charge on any atom is -0.444 e. The lowest BCUT2D eigenvalue weighted by molar-refractivity contribution is -0.536. The molecule has 0 aliphatic carbocycles. The van der Waals surface area contributed by atoms with E-state index in [0.717, 1.165) is 17.0 Å². The number of hydrogen-bond donors (Lipinski definition) is 1. The molecule has 192 valence electrons.